The second-order valence-electron chi connectivity index (χ2n) is 3.42. The van der Waals surface area contributed by atoms with Gasteiger partial charge < -0.3 is 10.0 Å². The Bertz CT molecular complexity index is 190. The molecule has 0 amide bonds. The van der Waals surface area contributed by atoms with Gasteiger partial charge in [-0.2, -0.15) is 0 Å². The molecule has 0 aromatic heterocycles. The van der Waals surface area contributed by atoms with Crippen LogP contribution in [0.4, 0.5) is 0 Å². The molecule has 1 rings (SSSR count). The molecule has 74 valence electrons. The fourth-order valence-electron chi connectivity index (χ4n) is 1.51. The molecule has 1 aliphatic heterocycles. The summed E-state index contributed by atoms with van der Waals surface area (Å²) in [6.45, 7) is 4.53. The van der Waals surface area contributed by atoms with E-state index in [0.717, 1.165) is 25.1 Å². The zero-order chi connectivity index (χ0) is 9.52. The minimum Gasteiger partial charge on any atom is -0.392 e. The normalized spacial score (nSPS) is 18.9. The Kier molecular flexibility index (Phi) is 4.61. The predicted molar refractivity (Wildman–Crippen MR) is 55.4 cm³/mol. The Balaban J connectivity index is 2.47. The van der Waals surface area contributed by atoms with Gasteiger partial charge in [0.1, 0.15) is 0 Å². The monoisotopic (exact) mass is 181 g/mol. The van der Waals surface area contributed by atoms with Crippen molar-refractivity contribution in [1.29, 1.82) is 0 Å². The van der Waals surface area contributed by atoms with Crippen LogP contribution in [0, 0.1) is 0 Å². The molecule has 1 aliphatic rings. The average Bonchev–Trinajstić information content (AvgIpc) is 2.64. The van der Waals surface area contributed by atoms with E-state index in [1.54, 1.807) is 0 Å². The minimum absolute atomic E-state index is 0.146. The summed E-state index contributed by atoms with van der Waals surface area (Å²) in [6, 6.07) is 0. The lowest BCUT2D eigenvalue weighted by Crippen LogP contribution is -2.12. The summed E-state index contributed by atoms with van der Waals surface area (Å²) in [7, 11) is 0. The van der Waals surface area contributed by atoms with Crippen LogP contribution in [0.25, 0.3) is 0 Å². The van der Waals surface area contributed by atoms with Gasteiger partial charge in [-0.1, -0.05) is 19.1 Å². The number of hydrogen-bond acceptors (Lipinski definition) is 2. The molecule has 0 atom stereocenters. The van der Waals surface area contributed by atoms with Crippen LogP contribution in [0.15, 0.2) is 23.9 Å². The Hall–Kier alpha value is -0.760. The number of hydrogen-bond donors (Lipinski definition) is 1. The van der Waals surface area contributed by atoms with Gasteiger partial charge in [-0.15, -0.1) is 0 Å². The molecule has 2 heteroatoms. The molecule has 0 unspecified atom stereocenters. The second-order valence-corrected chi connectivity index (χ2v) is 3.42. The van der Waals surface area contributed by atoms with Gasteiger partial charge in [0.05, 0.1) is 6.61 Å². The van der Waals surface area contributed by atoms with Crippen LogP contribution >= 0.6 is 0 Å². The van der Waals surface area contributed by atoms with E-state index < -0.39 is 0 Å². The van der Waals surface area contributed by atoms with Gasteiger partial charge in [0.25, 0.3) is 0 Å². The van der Waals surface area contributed by atoms with Crippen LogP contribution in [-0.2, 0) is 0 Å². The van der Waals surface area contributed by atoms with Crippen molar-refractivity contribution in [2.75, 3.05) is 19.7 Å². The Labute approximate surface area is 80.6 Å². The summed E-state index contributed by atoms with van der Waals surface area (Å²) >= 11 is 0. The van der Waals surface area contributed by atoms with E-state index in [-0.39, 0.29) is 6.61 Å². The van der Waals surface area contributed by atoms with Gasteiger partial charge in [0.2, 0.25) is 0 Å². The van der Waals surface area contributed by atoms with Crippen molar-refractivity contribution < 1.29 is 5.11 Å². The third kappa shape index (κ3) is 3.64. The molecule has 0 bridgehead atoms. The van der Waals surface area contributed by atoms with E-state index in [9.17, 15) is 0 Å². The molecule has 13 heavy (non-hydrogen) atoms. The molecular formula is C11H19NO. The maximum absolute atomic E-state index is 9.07. The number of nitrogens with zero attached hydrogens (tertiary/aromatic N) is 1. The van der Waals surface area contributed by atoms with Crippen molar-refractivity contribution >= 4 is 0 Å². The zero-order valence-electron chi connectivity index (χ0n) is 8.37. The van der Waals surface area contributed by atoms with Gasteiger partial charge in [0.15, 0.2) is 0 Å². The topological polar surface area (TPSA) is 23.5 Å². The number of allylic oxidation sites excluding steroid dienone is 1. The van der Waals surface area contributed by atoms with Crippen LogP contribution in [0.3, 0.4) is 0 Å². The predicted octanol–water partition coefficient (Wildman–Crippen LogP) is 1.92. The van der Waals surface area contributed by atoms with Gasteiger partial charge >= 0.3 is 0 Å². The van der Waals surface area contributed by atoms with Gasteiger partial charge in [-0.05, 0) is 24.8 Å². The van der Waals surface area contributed by atoms with E-state index in [0.29, 0.717) is 0 Å². The molecular weight excluding hydrogens is 162 g/mol. The first kappa shape index (κ1) is 10.3. The SMILES string of the molecule is CC/C=C\C(=C/N1CCCC1)CO. The first-order valence-corrected chi connectivity index (χ1v) is 5.09. The summed E-state index contributed by atoms with van der Waals surface area (Å²) in [6.07, 6.45) is 9.77. The molecule has 1 heterocycles. The largest absolute Gasteiger partial charge is 0.392 e. The molecule has 1 N–H and O–H groups in total. The molecule has 0 aromatic rings. The highest BCUT2D eigenvalue weighted by molar-refractivity contribution is 5.18. The van der Waals surface area contributed by atoms with E-state index in [4.69, 9.17) is 5.11 Å². The second kappa shape index (κ2) is 5.81. The fourth-order valence-corrected chi connectivity index (χ4v) is 1.51. The molecule has 0 saturated carbocycles. The first-order valence-electron chi connectivity index (χ1n) is 5.09. The van der Waals surface area contributed by atoms with Crippen LogP contribution < -0.4 is 0 Å². The lowest BCUT2D eigenvalue weighted by molar-refractivity contribution is 0.330. The fraction of sp³-hybridized carbons (Fsp3) is 0.636. The summed E-state index contributed by atoms with van der Waals surface area (Å²) < 4.78 is 0. The molecule has 0 radical (unpaired) electrons. The average molecular weight is 181 g/mol. The summed E-state index contributed by atoms with van der Waals surface area (Å²) in [5, 5.41) is 9.07. The van der Waals surface area contributed by atoms with Crippen molar-refractivity contribution in [3.63, 3.8) is 0 Å². The van der Waals surface area contributed by atoms with Crippen molar-refractivity contribution in [3.8, 4) is 0 Å². The summed E-state index contributed by atoms with van der Waals surface area (Å²) in [5.41, 5.74) is 1.02. The smallest absolute Gasteiger partial charge is 0.0695 e. The minimum atomic E-state index is 0.146. The zero-order valence-corrected chi connectivity index (χ0v) is 8.37. The van der Waals surface area contributed by atoms with E-state index >= 15 is 0 Å². The number of aliphatic hydroxyl groups is 1. The van der Waals surface area contributed by atoms with Crippen molar-refractivity contribution in [2.24, 2.45) is 0 Å². The maximum atomic E-state index is 9.07. The standard InChI is InChI=1S/C11H19NO/c1-2-3-6-11(10-13)9-12-7-4-5-8-12/h3,6,9,13H,2,4-5,7-8,10H2,1H3/b6-3-,11-9+. The third-order valence-corrected chi connectivity index (χ3v) is 2.24. The van der Waals surface area contributed by atoms with E-state index in [1.807, 2.05) is 6.08 Å². The van der Waals surface area contributed by atoms with Crippen LogP contribution in [0.5, 0.6) is 0 Å². The maximum Gasteiger partial charge on any atom is 0.0695 e. The highest BCUT2D eigenvalue weighted by Gasteiger charge is 2.07. The third-order valence-electron chi connectivity index (χ3n) is 2.24. The highest BCUT2D eigenvalue weighted by Crippen LogP contribution is 2.10. The van der Waals surface area contributed by atoms with E-state index in [2.05, 4.69) is 24.1 Å². The van der Waals surface area contributed by atoms with Crippen molar-refractivity contribution in [3.05, 3.63) is 23.9 Å². The summed E-state index contributed by atoms with van der Waals surface area (Å²) in [4.78, 5) is 2.28. The number of likely N-dealkylation sites (tertiary alicyclic amines) is 1. The number of aliphatic hydroxyl groups excluding tert-OH is 1. The quantitative estimate of drug-likeness (QED) is 0.670. The molecule has 0 aromatic carbocycles. The molecule has 0 aliphatic carbocycles. The molecule has 2 nitrogen and oxygen atoms in total. The van der Waals surface area contributed by atoms with E-state index in [1.165, 1.54) is 12.8 Å². The highest BCUT2D eigenvalue weighted by atomic mass is 16.3. The Morgan fingerprint density at radius 1 is 1.38 bits per heavy atom. The Morgan fingerprint density at radius 2 is 2.08 bits per heavy atom. The number of rotatable bonds is 4. The lowest BCUT2D eigenvalue weighted by Gasteiger charge is -2.12. The molecule has 1 fully saturated rings. The Morgan fingerprint density at radius 3 is 2.62 bits per heavy atom. The van der Waals surface area contributed by atoms with Gasteiger partial charge in [-0.25, -0.2) is 0 Å². The molecule has 0 spiro atoms. The lowest BCUT2D eigenvalue weighted by atomic mass is 10.2. The van der Waals surface area contributed by atoms with Crippen LogP contribution in [-0.4, -0.2) is 29.7 Å². The molecule has 1 saturated heterocycles. The summed E-state index contributed by atoms with van der Waals surface area (Å²) in [5.74, 6) is 0. The van der Waals surface area contributed by atoms with Gasteiger partial charge in [0, 0.05) is 19.3 Å². The van der Waals surface area contributed by atoms with Gasteiger partial charge in [-0.3, -0.25) is 0 Å². The first-order chi connectivity index (χ1) is 6.36. The van der Waals surface area contributed by atoms with Crippen LogP contribution in [0.1, 0.15) is 26.2 Å². The van der Waals surface area contributed by atoms with Crippen molar-refractivity contribution in [1.82, 2.24) is 4.90 Å². The van der Waals surface area contributed by atoms with Crippen LogP contribution in [0.2, 0.25) is 0 Å². The van der Waals surface area contributed by atoms with Crippen molar-refractivity contribution in [2.45, 2.75) is 26.2 Å².